The number of nitrogens with zero attached hydrogens (tertiary/aromatic N) is 2. The molecule has 3 nitrogen and oxygen atoms in total. The monoisotopic (exact) mass is 280 g/mol. The Hall–Kier alpha value is -2.37. The van der Waals surface area contributed by atoms with Crippen molar-refractivity contribution in [1.82, 2.24) is 9.88 Å². The van der Waals surface area contributed by atoms with Crippen LogP contribution in [-0.2, 0) is 6.54 Å². The molecular formula is C14H11F3N2O. The van der Waals surface area contributed by atoms with Crippen LogP contribution in [0, 0.1) is 17.5 Å². The molecule has 0 radical (unpaired) electrons. The minimum atomic E-state index is -1.65. The molecule has 104 valence electrons. The second kappa shape index (κ2) is 5.73. The minimum Gasteiger partial charge on any atom is -0.336 e. The van der Waals surface area contributed by atoms with Gasteiger partial charge in [0.05, 0.1) is 17.8 Å². The fourth-order valence-corrected chi connectivity index (χ4v) is 1.70. The van der Waals surface area contributed by atoms with Crippen molar-refractivity contribution in [2.45, 2.75) is 6.54 Å². The molecule has 2 aromatic rings. The van der Waals surface area contributed by atoms with Crippen molar-refractivity contribution in [2.24, 2.45) is 0 Å². The van der Waals surface area contributed by atoms with Gasteiger partial charge in [-0.15, -0.1) is 0 Å². The quantitative estimate of drug-likeness (QED) is 0.810. The molecule has 1 aromatic heterocycles. The first-order valence-corrected chi connectivity index (χ1v) is 5.79. The second-order valence-corrected chi connectivity index (χ2v) is 4.21. The van der Waals surface area contributed by atoms with Crippen LogP contribution in [0.5, 0.6) is 0 Å². The van der Waals surface area contributed by atoms with Gasteiger partial charge in [-0.25, -0.2) is 13.2 Å². The van der Waals surface area contributed by atoms with Gasteiger partial charge >= 0.3 is 0 Å². The maximum absolute atomic E-state index is 13.5. The largest absolute Gasteiger partial charge is 0.336 e. The first-order valence-electron chi connectivity index (χ1n) is 5.79. The van der Waals surface area contributed by atoms with Crippen molar-refractivity contribution in [1.29, 1.82) is 0 Å². The van der Waals surface area contributed by atoms with Crippen LogP contribution in [0.2, 0.25) is 0 Å². The van der Waals surface area contributed by atoms with Crippen LogP contribution in [0.25, 0.3) is 0 Å². The van der Waals surface area contributed by atoms with Crippen molar-refractivity contribution in [3.63, 3.8) is 0 Å². The van der Waals surface area contributed by atoms with E-state index in [1.807, 2.05) is 0 Å². The average molecular weight is 280 g/mol. The molecule has 6 heteroatoms. The molecule has 0 saturated carbocycles. The Balaban J connectivity index is 2.21. The van der Waals surface area contributed by atoms with Crippen molar-refractivity contribution >= 4 is 5.91 Å². The van der Waals surface area contributed by atoms with Crippen molar-refractivity contribution in [3.05, 3.63) is 65.2 Å². The van der Waals surface area contributed by atoms with E-state index in [-0.39, 0.29) is 6.54 Å². The minimum absolute atomic E-state index is 0.137. The number of rotatable bonds is 3. The molecule has 1 amide bonds. The van der Waals surface area contributed by atoms with E-state index in [0.717, 1.165) is 12.1 Å². The second-order valence-electron chi connectivity index (χ2n) is 4.21. The van der Waals surface area contributed by atoms with E-state index in [2.05, 4.69) is 4.98 Å². The van der Waals surface area contributed by atoms with Gasteiger partial charge in [0.15, 0.2) is 17.5 Å². The summed E-state index contributed by atoms with van der Waals surface area (Å²) in [7, 11) is 1.43. The Morgan fingerprint density at radius 2 is 1.90 bits per heavy atom. The van der Waals surface area contributed by atoms with E-state index in [0.29, 0.717) is 5.69 Å². The zero-order valence-electron chi connectivity index (χ0n) is 10.6. The Morgan fingerprint density at radius 1 is 1.15 bits per heavy atom. The molecule has 0 saturated heterocycles. The summed E-state index contributed by atoms with van der Waals surface area (Å²) in [5.74, 6) is -5.21. The first-order chi connectivity index (χ1) is 9.50. The Bertz CT molecular complexity index is 632. The summed E-state index contributed by atoms with van der Waals surface area (Å²) >= 11 is 0. The number of halogens is 3. The SMILES string of the molecule is CN(Cc1ccccn1)C(=O)c1ccc(F)c(F)c1F. The predicted octanol–water partition coefficient (Wildman–Crippen LogP) is 2.77. The van der Waals surface area contributed by atoms with Crippen LogP contribution in [-0.4, -0.2) is 22.8 Å². The van der Waals surface area contributed by atoms with Crippen LogP contribution >= 0.6 is 0 Å². The van der Waals surface area contributed by atoms with Gasteiger partial charge in [0.1, 0.15) is 0 Å². The maximum atomic E-state index is 13.5. The Morgan fingerprint density at radius 3 is 2.55 bits per heavy atom. The summed E-state index contributed by atoms with van der Waals surface area (Å²) in [6.07, 6.45) is 1.56. The topological polar surface area (TPSA) is 33.2 Å². The van der Waals surface area contributed by atoms with Crippen molar-refractivity contribution < 1.29 is 18.0 Å². The van der Waals surface area contributed by atoms with Crippen LogP contribution in [0.3, 0.4) is 0 Å². The van der Waals surface area contributed by atoms with Gasteiger partial charge in [0, 0.05) is 13.2 Å². The number of aromatic nitrogens is 1. The third-order valence-electron chi connectivity index (χ3n) is 2.74. The lowest BCUT2D eigenvalue weighted by Gasteiger charge is -2.17. The number of carbonyl (C=O) groups is 1. The average Bonchev–Trinajstić information content (AvgIpc) is 2.45. The molecule has 0 aliphatic rings. The fourth-order valence-electron chi connectivity index (χ4n) is 1.70. The van der Waals surface area contributed by atoms with Gasteiger partial charge in [-0.05, 0) is 24.3 Å². The number of benzene rings is 1. The van der Waals surface area contributed by atoms with Gasteiger partial charge in [-0.2, -0.15) is 0 Å². The normalized spacial score (nSPS) is 10.4. The smallest absolute Gasteiger partial charge is 0.257 e. The van der Waals surface area contributed by atoms with Crippen molar-refractivity contribution in [2.75, 3.05) is 7.05 Å². The molecular weight excluding hydrogens is 269 g/mol. The molecule has 0 N–H and O–H groups in total. The number of hydrogen-bond donors (Lipinski definition) is 0. The molecule has 2 rings (SSSR count). The summed E-state index contributed by atoms with van der Waals surface area (Å²) in [4.78, 5) is 17.2. The number of amides is 1. The van der Waals surface area contributed by atoms with Gasteiger partial charge in [-0.1, -0.05) is 6.07 Å². The lowest BCUT2D eigenvalue weighted by Crippen LogP contribution is -2.27. The van der Waals surface area contributed by atoms with Gasteiger partial charge in [-0.3, -0.25) is 9.78 Å². The molecule has 0 aliphatic carbocycles. The molecule has 1 aromatic carbocycles. The third-order valence-corrected chi connectivity index (χ3v) is 2.74. The summed E-state index contributed by atoms with van der Waals surface area (Å²) in [6, 6.07) is 6.82. The van der Waals surface area contributed by atoms with Gasteiger partial charge in [0.2, 0.25) is 0 Å². The fraction of sp³-hybridized carbons (Fsp3) is 0.143. The molecule has 0 bridgehead atoms. The lowest BCUT2D eigenvalue weighted by atomic mass is 10.1. The summed E-state index contributed by atoms with van der Waals surface area (Å²) < 4.78 is 39.5. The van der Waals surface area contributed by atoms with E-state index >= 15 is 0 Å². The maximum Gasteiger partial charge on any atom is 0.257 e. The lowest BCUT2D eigenvalue weighted by molar-refractivity contribution is 0.0777. The molecule has 0 spiro atoms. The van der Waals surface area contributed by atoms with Gasteiger partial charge < -0.3 is 4.90 Å². The highest BCUT2D eigenvalue weighted by molar-refractivity contribution is 5.94. The highest BCUT2D eigenvalue weighted by Crippen LogP contribution is 2.17. The zero-order chi connectivity index (χ0) is 14.7. The Labute approximate surface area is 113 Å². The third kappa shape index (κ3) is 2.79. The van der Waals surface area contributed by atoms with Crippen LogP contribution in [0.4, 0.5) is 13.2 Å². The van der Waals surface area contributed by atoms with Crippen molar-refractivity contribution in [3.8, 4) is 0 Å². The molecule has 1 heterocycles. The van der Waals surface area contributed by atoms with E-state index in [1.54, 1.807) is 24.4 Å². The van der Waals surface area contributed by atoms with Crippen LogP contribution in [0.15, 0.2) is 36.5 Å². The summed E-state index contributed by atoms with van der Waals surface area (Å²) in [6.45, 7) is 0.137. The first kappa shape index (κ1) is 14.0. The Kier molecular flexibility index (Phi) is 4.02. The van der Waals surface area contributed by atoms with E-state index in [9.17, 15) is 18.0 Å². The molecule has 0 fully saturated rings. The molecule has 0 aliphatic heterocycles. The standard InChI is InChI=1S/C14H11F3N2O/c1-19(8-9-4-2-3-7-18-9)14(20)10-5-6-11(15)13(17)12(10)16/h2-7H,8H2,1H3. The summed E-state index contributed by atoms with van der Waals surface area (Å²) in [5, 5.41) is 0. The van der Waals surface area contributed by atoms with E-state index < -0.39 is 28.9 Å². The van der Waals surface area contributed by atoms with Gasteiger partial charge in [0.25, 0.3) is 5.91 Å². The summed E-state index contributed by atoms with van der Waals surface area (Å²) in [5.41, 5.74) is 0.0914. The molecule has 0 unspecified atom stereocenters. The number of carbonyl (C=O) groups excluding carboxylic acids is 1. The van der Waals surface area contributed by atoms with Crippen LogP contribution < -0.4 is 0 Å². The van der Waals surface area contributed by atoms with Crippen LogP contribution in [0.1, 0.15) is 16.1 Å². The highest BCUT2D eigenvalue weighted by atomic mass is 19.2. The van der Waals surface area contributed by atoms with E-state index in [4.69, 9.17) is 0 Å². The van der Waals surface area contributed by atoms with E-state index in [1.165, 1.54) is 11.9 Å². The molecule has 0 atom stereocenters. The molecule has 20 heavy (non-hydrogen) atoms. The zero-order valence-corrected chi connectivity index (χ0v) is 10.6. The predicted molar refractivity (Wildman–Crippen MR) is 66.4 cm³/mol. The highest BCUT2D eigenvalue weighted by Gasteiger charge is 2.21. The number of hydrogen-bond acceptors (Lipinski definition) is 2. The number of pyridine rings is 1.